The van der Waals surface area contributed by atoms with Crippen molar-refractivity contribution < 1.29 is 9.53 Å². The van der Waals surface area contributed by atoms with Crippen LogP contribution in [0.15, 0.2) is 24.3 Å². The van der Waals surface area contributed by atoms with Gasteiger partial charge in [0.25, 0.3) is 0 Å². The van der Waals surface area contributed by atoms with Crippen molar-refractivity contribution in [3.05, 3.63) is 29.8 Å². The average Bonchev–Trinajstić information content (AvgIpc) is 2.36. The average molecular weight is 251 g/mol. The van der Waals surface area contributed by atoms with Gasteiger partial charge in [-0.25, -0.2) is 0 Å². The van der Waals surface area contributed by atoms with Gasteiger partial charge in [0.1, 0.15) is 12.4 Å². The van der Waals surface area contributed by atoms with Gasteiger partial charge in [-0.2, -0.15) is 0 Å². The first-order chi connectivity index (χ1) is 8.61. The summed E-state index contributed by atoms with van der Waals surface area (Å²) < 4.78 is 5.61. The van der Waals surface area contributed by atoms with E-state index in [9.17, 15) is 4.79 Å². The number of ether oxygens (including phenoxy) is 1. The summed E-state index contributed by atoms with van der Waals surface area (Å²) in [6.45, 7) is 2.00. The fourth-order valence-electron chi connectivity index (χ4n) is 1.36. The summed E-state index contributed by atoms with van der Waals surface area (Å²) in [6.07, 6.45) is 0. The van der Waals surface area contributed by atoms with Crippen molar-refractivity contribution in [2.45, 2.75) is 6.54 Å². The molecule has 100 valence electrons. The van der Waals surface area contributed by atoms with Gasteiger partial charge < -0.3 is 20.7 Å². The molecule has 0 bridgehead atoms. The van der Waals surface area contributed by atoms with Crippen LogP contribution >= 0.6 is 0 Å². The third-order valence-corrected chi connectivity index (χ3v) is 2.38. The van der Waals surface area contributed by atoms with Gasteiger partial charge in [0.2, 0.25) is 5.91 Å². The number of hydrogen-bond donors (Lipinski definition) is 2. The molecule has 5 nitrogen and oxygen atoms in total. The van der Waals surface area contributed by atoms with E-state index in [0.717, 1.165) is 17.9 Å². The quantitative estimate of drug-likeness (QED) is 0.726. The minimum atomic E-state index is -0.158. The van der Waals surface area contributed by atoms with Crippen molar-refractivity contribution >= 4 is 5.91 Å². The normalized spacial score (nSPS) is 10.4. The molecular formula is C13H21N3O2. The van der Waals surface area contributed by atoms with Gasteiger partial charge in [0, 0.05) is 13.1 Å². The molecule has 0 aliphatic rings. The lowest BCUT2D eigenvalue weighted by Crippen LogP contribution is -2.29. The first kappa shape index (κ1) is 14.5. The SMILES string of the molecule is CN(C)CCOc1cccc(CNC(=O)CN)c1. The number of benzene rings is 1. The Hall–Kier alpha value is -1.59. The molecule has 1 amide bonds. The smallest absolute Gasteiger partial charge is 0.234 e. The highest BCUT2D eigenvalue weighted by Gasteiger charge is 2.00. The molecule has 0 aromatic heterocycles. The van der Waals surface area contributed by atoms with E-state index >= 15 is 0 Å². The van der Waals surface area contributed by atoms with E-state index in [1.807, 2.05) is 38.4 Å². The van der Waals surface area contributed by atoms with E-state index in [1.165, 1.54) is 0 Å². The van der Waals surface area contributed by atoms with E-state index in [1.54, 1.807) is 0 Å². The lowest BCUT2D eigenvalue weighted by atomic mass is 10.2. The maximum absolute atomic E-state index is 11.0. The first-order valence-corrected chi connectivity index (χ1v) is 5.95. The van der Waals surface area contributed by atoms with Crippen LogP contribution in [-0.4, -0.2) is 44.6 Å². The van der Waals surface area contributed by atoms with Crippen LogP contribution in [-0.2, 0) is 11.3 Å². The summed E-state index contributed by atoms with van der Waals surface area (Å²) in [4.78, 5) is 13.1. The van der Waals surface area contributed by atoms with Gasteiger partial charge in [-0.15, -0.1) is 0 Å². The monoisotopic (exact) mass is 251 g/mol. The van der Waals surface area contributed by atoms with E-state index < -0.39 is 0 Å². The lowest BCUT2D eigenvalue weighted by molar-refractivity contribution is -0.119. The van der Waals surface area contributed by atoms with Gasteiger partial charge in [-0.1, -0.05) is 12.1 Å². The second-order valence-corrected chi connectivity index (χ2v) is 4.28. The summed E-state index contributed by atoms with van der Waals surface area (Å²) in [5.74, 6) is 0.658. The minimum Gasteiger partial charge on any atom is -0.492 e. The molecule has 0 radical (unpaired) electrons. The Morgan fingerprint density at radius 1 is 1.44 bits per heavy atom. The minimum absolute atomic E-state index is 0.0129. The third kappa shape index (κ3) is 5.65. The largest absolute Gasteiger partial charge is 0.492 e. The zero-order valence-corrected chi connectivity index (χ0v) is 11.0. The summed E-state index contributed by atoms with van der Waals surface area (Å²) in [6, 6.07) is 7.68. The van der Waals surface area contributed by atoms with Crippen LogP contribution in [0.4, 0.5) is 0 Å². The van der Waals surface area contributed by atoms with Crippen LogP contribution in [0.5, 0.6) is 5.75 Å². The number of rotatable bonds is 7. The van der Waals surface area contributed by atoms with Crippen LogP contribution in [0, 0.1) is 0 Å². The van der Waals surface area contributed by atoms with Crippen molar-refractivity contribution in [1.29, 1.82) is 0 Å². The Morgan fingerprint density at radius 3 is 2.89 bits per heavy atom. The number of carbonyl (C=O) groups excluding carboxylic acids is 1. The topological polar surface area (TPSA) is 67.6 Å². The molecule has 0 spiro atoms. The summed E-state index contributed by atoms with van der Waals surface area (Å²) in [7, 11) is 4.00. The first-order valence-electron chi connectivity index (χ1n) is 5.95. The molecule has 3 N–H and O–H groups in total. The molecule has 0 heterocycles. The molecule has 0 saturated carbocycles. The van der Waals surface area contributed by atoms with Crippen LogP contribution in [0.25, 0.3) is 0 Å². The third-order valence-electron chi connectivity index (χ3n) is 2.38. The molecule has 0 atom stereocenters. The molecule has 0 aliphatic heterocycles. The van der Waals surface area contributed by atoms with Gasteiger partial charge in [-0.05, 0) is 31.8 Å². The fourth-order valence-corrected chi connectivity index (χ4v) is 1.36. The number of nitrogens with one attached hydrogen (secondary N) is 1. The lowest BCUT2D eigenvalue weighted by Gasteiger charge is -2.12. The Morgan fingerprint density at radius 2 is 2.22 bits per heavy atom. The van der Waals surface area contributed by atoms with Crippen molar-refractivity contribution in [2.75, 3.05) is 33.8 Å². The zero-order chi connectivity index (χ0) is 13.4. The Kier molecular flexibility index (Phi) is 6.18. The van der Waals surface area contributed by atoms with Crippen molar-refractivity contribution in [3.8, 4) is 5.75 Å². The number of hydrogen-bond acceptors (Lipinski definition) is 4. The Bertz CT molecular complexity index is 380. The number of nitrogens with zero attached hydrogens (tertiary/aromatic N) is 1. The summed E-state index contributed by atoms with van der Waals surface area (Å²) >= 11 is 0. The van der Waals surface area contributed by atoms with Gasteiger partial charge >= 0.3 is 0 Å². The molecule has 5 heteroatoms. The number of nitrogens with two attached hydrogens (primary N) is 1. The summed E-state index contributed by atoms with van der Waals surface area (Å²) in [5, 5.41) is 2.72. The van der Waals surface area contributed by atoms with E-state index in [0.29, 0.717) is 13.2 Å². The molecule has 1 aromatic carbocycles. The molecule has 0 unspecified atom stereocenters. The van der Waals surface area contributed by atoms with E-state index in [4.69, 9.17) is 10.5 Å². The number of likely N-dealkylation sites (N-methyl/N-ethyl adjacent to an activating group) is 1. The van der Waals surface area contributed by atoms with Crippen molar-refractivity contribution in [2.24, 2.45) is 5.73 Å². The molecule has 1 rings (SSSR count). The van der Waals surface area contributed by atoms with Crippen molar-refractivity contribution in [3.63, 3.8) is 0 Å². The van der Waals surface area contributed by atoms with Gasteiger partial charge in [-0.3, -0.25) is 4.79 Å². The van der Waals surface area contributed by atoms with Gasteiger partial charge in [0.05, 0.1) is 6.54 Å². The fraction of sp³-hybridized carbons (Fsp3) is 0.462. The highest BCUT2D eigenvalue weighted by molar-refractivity contribution is 5.77. The number of carbonyl (C=O) groups is 1. The maximum atomic E-state index is 11.0. The van der Waals surface area contributed by atoms with E-state index in [-0.39, 0.29) is 12.5 Å². The molecule has 0 fully saturated rings. The van der Waals surface area contributed by atoms with Gasteiger partial charge in [0.15, 0.2) is 0 Å². The highest BCUT2D eigenvalue weighted by Crippen LogP contribution is 2.13. The maximum Gasteiger partial charge on any atom is 0.234 e. The molecular weight excluding hydrogens is 230 g/mol. The molecule has 0 saturated heterocycles. The van der Waals surface area contributed by atoms with Crippen molar-refractivity contribution in [1.82, 2.24) is 10.2 Å². The second kappa shape index (κ2) is 7.68. The zero-order valence-electron chi connectivity index (χ0n) is 11.0. The second-order valence-electron chi connectivity index (χ2n) is 4.28. The number of amides is 1. The predicted octanol–water partition coefficient (Wildman–Crippen LogP) is 0.202. The standard InChI is InChI=1S/C13H21N3O2/c1-16(2)6-7-18-12-5-3-4-11(8-12)10-15-13(17)9-14/h3-5,8H,6-7,9-10,14H2,1-2H3,(H,15,17). The van der Waals surface area contributed by atoms with Crippen LogP contribution in [0.1, 0.15) is 5.56 Å². The highest BCUT2D eigenvalue weighted by atomic mass is 16.5. The molecule has 1 aromatic rings. The predicted molar refractivity (Wildman–Crippen MR) is 71.4 cm³/mol. The molecule has 18 heavy (non-hydrogen) atoms. The Balaban J connectivity index is 2.43. The Labute approximate surface area is 108 Å². The molecule has 0 aliphatic carbocycles. The summed E-state index contributed by atoms with van der Waals surface area (Å²) in [5.41, 5.74) is 6.22. The van der Waals surface area contributed by atoms with E-state index in [2.05, 4.69) is 10.2 Å². The van der Waals surface area contributed by atoms with Crippen LogP contribution in [0.3, 0.4) is 0 Å². The van der Waals surface area contributed by atoms with Crippen LogP contribution in [0.2, 0.25) is 0 Å². The van der Waals surface area contributed by atoms with Crippen LogP contribution < -0.4 is 15.8 Å².